The lowest BCUT2D eigenvalue weighted by molar-refractivity contribution is -0.140. The number of alkyl halides is 2. The maximum absolute atomic E-state index is 14.8. The van der Waals surface area contributed by atoms with Gasteiger partial charge in [-0.1, -0.05) is 65.8 Å². The lowest BCUT2D eigenvalue weighted by Crippen LogP contribution is -2.57. The molecule has 346 valence electrons. The largest absolute Gasteiger partial charge is 0.453 e. The van der Waals surface area contributed by atoms with E-state index in [9.17, 15) is 41.9 Å². The Balaban J connectivity index is 1.25. The summed E-state index contributed by atoms with van der Waals surface area (Å²) in [5.41, 5.74) is 1.64. The molecule has 2 fully saturated rings. The maximum Gasteiger partial charge on any atom is 0.407 e. The van der Waals surface area contributed by atoms with E-state index in [1.807, 2.05) is 4.90 Å². The van der Waals surface area contributed by atoms with Crippen molar-refractivity contribution in [3.8, 4) is 0 Å². The molecule has 4 N–H and O–H groups in total. The second kappa shape index (κ2) is 20.5. The van der Waals surface area contributed by atoms with Crippen LogP contribution in [-0.4, -0.2) is 109 Å². The topological polar surface area (TPSA) is 179 Å². The summed E-state index contributed by atoms with van der Waals surface area (Å²) < 4.78 is 52.9. The number of ether oxygens (including phenoxy) is 2. The number of alkyl carbamates (subject to hydrolysis) is 2. The van der Waals surface area contributed by atoms with Crippen molar-refractivity contribution in [3.63, 3.8) is 0 Å². The highest BCUT2D eigenvalue weighted by Gasteiger charge is 2.47. The van der Waals surface area contributed by atoms with E-state index in [4.69, 9.17) is 0 Å². The van der Waals surface area contributed by atoms with Crippen LogP contribution in [0.15, 0.2) is 72.8 Å². The molecule has 0 spiro atoms. The van der Waals surface area contributed by atoms with Crippen LogP contribution in [0, 0.1) is 16.6 Å². The van der Waals surface area contributed by atoms with Crippen molar-refractivity contribution in [3.05, 3.63) is 89.7 Å². The van der Waals surface area contributed by atoms with Crippen molar-refractivity contribution in [1.82, 2.24) is 20.4 Å². The summed E-state index contributed by atoms with van der Waals surface area (Å²) in [6, 6.07) is 15.5. The zero-order valence-electron chi connectivity index (χ0n) is 37.4. The Hall–Kier alpha value is -6.33. The first kappa shape index (κ1) is 48.7. The van der Waals surface area contributed by atoms with E-state index in [0.29, 0.717) is 30.2 Å². The van der Waals surface area contributed by atoms with Gasteiger partial charge in [-0.15, -0.1) is 0 Å². The van der Waals surface area contributed by atoms with Gasteiger partial charge < -0.3 is 45.4 Å². The summed E-state index contributed by atoms with van der Waals surface area (Å²) in [7, 11) is 2.34. The Bertz CT molecular complexity index is 2020. The van der Waals surface area contributed by atoms with Crippen molar-refractivity contribution in [2.75, 3.05) is 42.8 Å². The van der Waals surface area contributed by atoms with Gasteiger partial charge in [0.05, 0.1) is 27.3 Å². The Morgan fingerprint density at radius 1 is 0.625 bits per heavy atom. The van der Waals surface area contributed by atoms with Crippen LogP contribution in [-0.2, 0) is 41.7 Å². The molecule has 2 saturated heterocycles. The minimum absolute atomic E-state index is 0.208. The first-order valence-corrected chi connectivity index (χ1v) is 21.0. The van der Waals surface area contributed by atoms with Gasteiger partial charge >= 0.3 is 12.2 Å². The van der Waals surface area contributed by atoms with Crippen LogP contribution in [0.1, 0.15) is 65.5 Å². The van der Waals surface area contributed by atoms with Crippen molar-refractivity contribution in [2.24, 2.45) is 10.8 Å². The van der Waals surface area contributed by atoms with Gasteiger partial charge in [-0.05, 0) is 70.5 Å². The molecule has 3 aromatic carbocycles. The monoisotopic (exact) mass is 893 g/mol. The van der Waals surface area contributed by atoms with E-state index in [1.165, 1.54) is 26.4 Å². The number of amides is 6. The van der Waals surface area contributed by atoms with Crippen LogP contribution in [0.5, 0.6) is 0 Å². The number of hydrogen-bond acceptors (Lipinski definition) is 9. The number of methoxy groups -OCH3 is 2. The number of benzene rings is 3. The number of rotatable bonds is 13. The van der Waals surface area contributed by atoms with Gasteiger partial charge in [0.15, 0.2) is 0 Å². The standard InChI is InChI=1S/C46H58F3N7O8/c1-45(2,3)37(52-43(61)63-7)41(59)55-25-30(48)21-35(55)39(57)50-32-15-9-27(10-16-32)23-54(34-19-13-29(47)14-20-34)24-28-11-17-33(18-12-28)51-40(58)36-22-31(49)26-56(36)42(60)38(46(4,5)6)53-44(62)64-8/h9-20,30-31,35-38H,21-26H2,1-8H3,(H,50,57)(H,51,58)(H,52,61)(H,53,62)/t30-,31-,35+,36+,37-,38-/m1/s1. The van der Waals surface area contributed by atoms with E-state index in [1.54, 1.807) is 102 Å². The van der Waals surface area contributed by atoms with Gasteiger partial charge in [-0.2, -0.15) is 0 Å². The van der Waals surface area contributed by atoms with Crippen LogP contribution < -0.4 is 26.2 Å². The predicted octanol–water partition coefficient (Wildman–Crippen LogP) is 6.33. The molecule has 2 heterocycles. The number of nitrogens with one attached hydrogen (secondary N) is 4. The van der Waals surface area contributed by atoms with Crippen LogP contribution in [0.25, 0.3) is 0 Å². The van der Waals surface area contributed by atoms with Gasteiger partial charge in [0, 0.05) is 43.0 Å². The fourth-order valence-corrected chi connectivity index (χ4v) is 7.71. The molecule has 2 aliphatic rings. The number of likely N-dealkylation sites (tertiary alicyclic amines) is 2. The minimum atomic E-state index is -1.44. The van der Waals surface area contributed by atoms with Crippen molar-refractivity contribution < 1.29 is 51.4 Å². The van der Waals surface area contributed by atoms with Crippen molar-refractivity contribution in [1.29, 1.82) is 0 Å². The normalized spacial score (nSPS) is 19.5. The number of halogens is 3. The fourth-order valence-electron chi connectivity index (χ4n) is 7.71. The summed E-state index contributed by atoms with van der Waals surface area (Å²) in [6.07, 6.45) is -4.95. The second-order valence-corrected chi connectivity index (χ2v) is 18.3. The summed E-state index contributed by atoms with van der Waals surface area (Å²) in [6.45, 7) is 10.5. The van der Waals surface area contributed by atoms with E-state index in [2.05, 4.69) is 30.7 Å². The molecule has 6 atom stereocenters. The molecule has 0 unspecified atom stereocenters. The van der Waals surface area contributed by atoms with Gasteiger partial charge in [0.1, 0.15) is 42.3 Å². The van der Waals surface area contributed by atoms with E-state index < -0.39 is 89.0 Å². The fraction of sp³-hybridized carbons (Fsp3) is 0.478. The Morgan fingerprint density at radius 3 is 1.31 bits per heavy atom. The Labute approximate surface area is 371 Å². The number of nitrogens with zero attached hydrogens (tertiary/aromatic N) is 3. The third-order valence-corrected chi connectivity index (χ3v) is 11.2. The Morgan fingerprint density at radius 2 is 0.984 bits per heavy atom. The average Bonchev–Trinajstić information content (AvgIpc) is 3.84. The molecular weight excluding hydrogens is 836 g/mol. The van der Waals surface area contributed by atoms with Crippen LogP contribution >= 0.6 is 0 Å². The Kier molecular flexibility index (Phi) is 15.6. The number of carbonyl (C=O) groups excluding carboxylic acids is 6. The highest BCUT2D eigenvalue weighted by atomic mass is 19.1. The van der Waals surface area contributed by atoms with Crippen LogP contribution in [0.2, 0.25) is 0 Å². The molecule has 6 amide bonds. The zero-order chi connectivity index (χ0) is 47.1. The molecule has 0 aliphatic carbocycles. The molecule has 2 aliphatic heterocycles. The third kappa shape index (κ3) is 12.4. The molecule has 15 nitrogen and oxygen atoms in total. The van der Waals surface area contributed by atoms with Gasteiger partial charge in [0.25, 0.3) is 0 Å². The zero-order valence-corrected chi connectivity index (χ0v) is 37.4. The first-order valence-electron chi connectivity index (χ1n) is 21.0. The van der Waals surface area contributed by atoms with E-state index in [-0.39, 0.29) is 25.9 Å². The number of carbonyl (C=O) groups is 6. The molecule has 0 radical (unpaired) electrons. The van der Waals surface area contributed by atoms with Crippen LogP contribution in [0.4, 0.5) is 39.8 Å². The quantitative estimate of drug-likeness (QED) is 0.153. The van der Waals surface area contributed by atoms with E-state index in [0.717, 1.165) is 20.9 Å². The van der Waals surface area contributed by atoms with Crippen molar-refractivity contribution in [2.45, 2.75) is 104 Å². The lowest BCUT2D eigenvalue weighted by atomic mass is 9.85. The third-order valence-electron chi connectivity index (χ3n) is 11.2. The number of hydrogen-bond donors (Lipinski definition) is 4. The second-order valence-electron chi connectivity index (χ2n) is 18.3. The molecule has 0 aromatic heterocycles. The molecule has 3 aromatic rings. The van der Waals surface area contributed by atoms with Crippen molar-refractivity contribution >= 4 is 52.9 Å². The van der Waals surface area contributed by atoms with Gasteiger partial charge in [-0.25, -0.2) is 22.8 Å². The molecule has 5 rings (SSSR count). The SMILES string of the molecule is COC(=O)N[C@H](C(=O)N1C[C@H](F)C[C@H]1C(=O)Nc1ccc(CN(Cc2ccc(NC(=O)[C@@H]3C[C@@H](F)CN3C(=O)[C@@H](NC(=O)OC)C(C)(C)C)cc2)c2ccc(F)cc2)cc1)C(C)(C)C. The summed E-state index contributed by atoms with van der Waals surface area (Å²) in [4.78, 5) is 82.7. The summed E-state index contributed by atoms with van der Waals surface area (Å²) in [5.74, 6) is -2.77. The predicted molar refractivity (Wildman–Crippen MR) is 234 cm³/mol. The van der Waals surface area contributed by atoms with Gasteiger partial charge in [-0.3, -0.25) is 19.2 Å². The highest BCUT2D eigenvalue weighted by molar-refractivity contribution is 6.00. The molecular formula is C46H58F3N7O8. The smallest absolute Gasteiger partial charge is 0.407 e. The molecule has 0 bridgehead atoms. The highest BCUT2D eigenvalue weighted by Crippen LogP contribution is 2.30. The summed E-state index contributed by atoms with van der Waals surface area (Å²) in [5, 5.41) is 10.6. The first-order chi connectivity index (χ1) is 30.1. The molecule has 64 heavy (non-hydrogen) atoms. The average molecular weight is 894 g/mol. The van der Waals surface area contributed by atoms with Crippen LogP contribution in [0.3, 0.4) is 0 Å². The summed E-state index contributed by atoms with van der Waals surface area (Å²) >= 11 is 0. The molecule has 0 saturated carbocycles. The number of anilines is 3. The molecule has 18 heteroatoms. The van der Waals surface area contributed by atoms with Gasteiger partial charge in [0.2, 0.25) is 23.6 Å². The lowest BCUT2D eigenvalue weighted by Gasteiger charge is -2.34. The maximum atomic E-state index is 14.8. The van der Waals surface area contributed by atoms with E-state index >= 15 is 0 Å². The minimum Gasteiger partial charge on any atom is -0.453 e.